The Morgan fingerprint density at radius 2 is 2.12 bits per heavy atom. The Kier molecular flexibility index (Phi) is 3.51. The van der Waals surface area contributed by atoms with Gasteiger partial charge < -0.3 is 4.74 Å². The lowest BCUT2D eigenvalue weighted by Gasteiger charge is -2.04. The van der Waals surface area contributed by atoms with E-state index in [1.807, 2.05) is 30.3 Å². The zero-order valence-corrected chi connectivity index (χ0v) is 9.58. The van der Waals surface area contributed by atoms with Crippen LogP contribution in [0.3, 0.4) is 0 Å². The van der Waals surface area contributed by atoms with E-state index < -0.39 is 6.09 Å². The summed E-state index contributed by atoms with van der Waals surface area (Å²) in [6, 6.07) is 9.39. The van der Waals surface area contributed by atoms with Gasteiger partial charge in [-0.15, -0.1) is 0 Å². The molecule has 0 aliphatic heterocycles. The highest BCUT2D eigenvalue weighted by Crippen LogP contribution is 2.02. The highest BCUT2D eigenvalue weighted by molar-refractivity contribution is 7.71. The molecule has 0 radical (unpaired) electrons. The van der Waals surface area contributed by atoms with Crippen molar-refractivity contribution in [3.8, 4) is 0 Å². The van der Waals surface area contributed by atoms with Crippen LogP contribution >= 0.6 is 12.2 Å². The first-order valence-electron chi connectivity index (χ1n) is 4.86. The molecule has 7 heteroatoms. The molecule has 1 amide bonds. The summed E-state index contributed by atoms with van der Waals surface area (Å²) in [6.07, 6.45) is -0.591. The fourth-order valence-electron chi connectivity index (χ4n) is 1.19. The molecule has 17 heavy (non-hydrogen) atoms. The van der Waals surface area contributed by atoms with E-state index in [1.54, 1.807) is 0 Å². The van der Waals surface area contributed by atoms with Crippen LogP contribution in [0.15, 0.2) is 30.3 Å². The lowest BCUT2D eigenvalue weighted by Crippen LogP contribution is -2.14. The molecule has 0 aliphatic rings. The molecule has 0 atom stereocenters. The Labute approximate surface area is 102 Å². The van der Waals surface area contributed by atoms with E-state index >= 15 is 0 Å². The third-order valence-corrected chi connectivity index (χ3v) is 2.13. The first kappa shape index (κ1) is 11.3. The highest BCUT2D eigenvalue weighted by atomic mass is 32.1. The molecule has 0 saturated carbocycles. The van der Waals surface area contributed by atoms with Crippen molar-refractivity contribution in [1.29, 1.82) is 0 Å². The summed E-state index contributed by atoms with van der Waals surface area (Å²) < 4.78 is 5.25. The van der Waals surface area contributed by atoms with Gasteiger partial charge in [-0.2, -0.15) is 4.98 Å². The predicted octanol–water partition coefficient (Wildman–Crippen LogP) is 2.22. The van der Waals surface area contributed by atoms with Crippen LogP contribution in [0.5, 0.6) is 0 Å². The van der Waals surface area contributed by atoms with Crippen molar-refractivity contribution in [3.63, 3.8) is 0 Å². The quantitative estimate of drug-likeness (QED) is 0.729. The monoisotopic (exact) mass is 250 g/mol. The van der Waals surface area contributed by atoms with Gasteiger partial charge in [-0.3, -0.25) is 15.5 Å². The van der Waals surface area contributed by atoms with E-state index in [2.05, 4.69) is 20.5 Å². The Hall–Kier alpha value is -2.15. The molecule has 0 saturated heterocycles. The maximum absolute atomic E-state index is 11.4. The molecule has 0 fully saturated rings. The number of rotatable bonds is 3. The normalized spacial score (nSPS) is 9.88. The molecule has 6 nitrogen and oxygen atoms in total. The molecule has 1 aromatic carbocycles. The van der Waals surface area contributed by atoms with E-state index in [0.29, 0.717) is 0 Å². The average molecular weight is 250 g/mol. The number of hydrogen-bond donors (Lipinski definition) is 3. The average Bonchev–Trinajstić information content (AvgIpc) is 2.73. The third kappa shape index (κ3) is 3.42. The SMILES string of the molecule is O=C(Nc1nc(=S)[nH][nH]1)OCc1ccccc1. The smallest absolute Gasteiger partial charge is 0.414 e. The Bertz CT molecular complexity index is 549. The van der Waals surface area contributed by atoms with Crippen molar-refractivity contribution in [2.75, 3.05) is 5.32 Å². The zero-order chi connectivity index (χ0) is 12.1. The molecule has 88 valence electrons. The van der Waals surface area contributed by atoms with E-state index in [1.165, 1.54) is 0 Å². The molecular formula is C10H10N4O2S. The van der Waals surface area contributed by atoms with Gasteiger partial charge >= 0.3 is 6.09 Å². The van der Waals surface area contributed by atoms with Gasteiger partial charge in [0.2, 0.25) is 10.7 Å². The third-order valence-electron chi connectivity index (χ3n) is 1.93. The van der Waals surface area contributed by atoms with Crippen molar-refractivity contribution >= 4 is 24.3 Å². The summed E-state index contributed by atoms with van der Waals surface area (Å²) >= 11 is 4.74. The van der Waals surface area contributed by atoms with Crippen LogP contribution in [-0.4, -0.2) is 21.3 Å². The van der Waals surface area contributed by atoms with Crippen LogP contribution in [-0.2, 0) is 11.3 Å². The first-order valence-corrected chi connectivity index (χ1v) is 5.27. The van der Waals surface area contributed by atoms with E-state index in [4.69, 9.17) is 17.0 Å². The minimum absolute atomic E-state index is 0.206. The molecule has 3 N–H and O–H groups in total. The molecule has 2 aromatic rings. The number of nitrogens with zero attached hydrogens (tertiary/aromatic N) is 1. The first-order chi connectivity index (χ1) is 8.24. The number of nitrogens with one attached hydrogen (secondary N) is 3. The Morgan fingerprint density at radius 3 is 2.76 bits per heavy atom. The number of carbonyl (C=O) groups excluding carboxylic acids is 1. The minimum atomic E-state index is -0.591. The van der Waals surface area contributed by atoms with Gasteiger partial charge in [-0.25, -0.2) is 4.79 Å². The second kappa shape index (κ2) is 5.26. The summed E-state index contributed by atoms with van der Waals surface area (Å²) in [5.74, 6) is 0.230. The standard InChI is InChI=1S/C10H10N4O2S/c15-10(12-8-11-9(17)14-13-8)16-6-7-4-2-1-3-5-7/h1-5H,6H2,(H3,11,12,13,14,15,17). The topological polar surface area (TPSA) is 82.8 Å². The van der Waals surface area contributed by atoms with E-state index in [9.17, 15) is 4.79 Å². The van der Waals surface area contributed by atoms with Crippen molar-refractivity contribution in [1.82, 2.24) is 15.2 Å². The molecule has 2 rings (SSSR count). The summed E-state index contributed by atoms with van der Waals surface area (Å²) in [5, 5.41) is 7.55. The number of amides is 1. The van der Waals surface area contributed by atoms with Crippen LogP contribution in [0.4, 0.5) is 10.7 Å². The molecule has 0 spiro atoms. The fraction of sp³-hybridized carbons (Fsp3) is 0.100. The molecule has 0 bridgehead atoms. The predicted molar refractivity (Wildman–Crippen MR) is 64.0 cm³/mol. The maximum Gasteiger partial charge on any atom is 0.414 e. The van der Waals surface area contributed by atoms with Gasteiger partial charge in [0, 0.05) is 0 Å². The largest absolute Gasteiger partial charge is 0.444 e. The number of aromatic amines is 2. The molecular weight excluding hydrogens is 240 g/mol. The van der Waals surface area contributed by atoms with E-state index in [0.717, 1.165) is 5.56 Å². The number of ether oxygens (including phenoxy) is 1. The van der Waals surface area contributed by atoms with Crippen molar-refractivity contribution in [2.45, 2.75) is 6.61 Å². The van der Waals surface area contributed by atoms with Gasteiger partial charge in [-0.1, -0.05) is 30.3 Å². The number of carbonyl (C=O) groups is 1. The second-order valence-electron chi connectivity index (χ2n) is 3.20. The van der Waals surface area contributed by atoms with Gasteiger partial charge in [0.1, 0.15) is 6.61 Å². The fourth-order valence-corrected chi connectivity index (χ4v) is 1.33. The zero-order valence-electron chi connectivity index (χ0n) is 8.77. The van der Waals surface area contributed by atoms with Gasteiger partial charge in [0.05, 0.1) is 0 Å². The minimum Gasteiger partial charge on any atom is -0.444 e. The number of aromatic nitrogens is 3. The number of anilines is 1. The number of H-pyrrole nitrogens is 2. The Balaban J connectivity index is 1.84. The number of benzene rings is 1. The summed E-state index contributed by atoms with van der Waals surface area (Å²) in [6.45, 7) is 0.206. The van der Waals surface area contributed by atoms with Crippen LogP contribution in [0.25, 0.3) is 0 Å². The maximum atomic E-state index is 11.4. The Morgan fingerprint density at radius 1 is 1.35 bits per heavy atom. The summed E-state index contributed by atoms with van der Waals surface area (Å²) in [5.41, 5.74) is 0.914. The van der Waals surface area contributed by atoms with Gasteiger partial charge in [0.15, 0.2) is 0 Å². The molecule has 1 aromatic heterocycles. The molecule has 0 aliphatic carbocycles. The van der Waals surface area contributed by atoms with Crippen molar-refractivity contribution < 1.29 is 9.53 Å². The number of hydrogen-bond acceptors (Lipinski definition) is 4. The second-order valence-corrected chi connectivity index (χ2v) is 3.59. The van der Waals surface area contributed by atoms with Crippen molar-refractivity contribution in [3.05, 3.63) is 40.7 Å². The van der Waals surface area contributed by atoms with Gasteiger partial charge in [0.25, 0.3) is 0 Å². The molecule has 0 unspecified atom stereocenters. The summed E-state index contributed by atoms with van der Waals surface area (Å²) in [4.78, 5) is 15.2. The molecule has 1 heterocycles. The van der Waals surface area contributed by atoms with Crippen LogP contribution in [0, 0.1) is 4.77 Å². The highest BCUT2D eigenvalue weighted by Gasteiger charge is 2.05. The van der Waals surface area contributed by atoms with E-state index in [-0.39, 0.29) is 17.3 Å². The lowest BCUT2D eigenvalue weighted by atomic mass is 10.2. The van der Waals surface area contributed by atoms with Crippen LogP contribution in [0.1, 0.15) is 5.56 Å². The van der Waals surface area contributed by atoms with Crippen molar-refractivity contribution in [2.24, 2.45) is 0 Å². The summed E-state index contributed by atoms with van der Waals surface area (Å²) in [7, 11) is 0. The van der Waals surface area contributed by atoms with Crippen LogP contribution < -0.4 is 5.32 Å². The lowest BCUT2D eigenvalue weighted by molar-refractivity contribution is 0.155. The van der Waals surface area contributed by atoms with Crippen LogP contribution in [0.2, 0.25) is 0 Å². The van der Waals surface area contributed by atoms with Gasteiger partial charge in [-0.05, 0) is 17.8 Å².